The maximum Gasteiger partial charge on any atom is 1.00 e. The first kappa shape index (κ1) is 69.2. The van der Waals surface area contributed by atoms with Gasteiger partial charge in [-0.2, -0.15) is 29.9 Å². The monoisotopic (exact) mass is 1180 g/mol. The number of aromatic nitrogens is 6. The van der Waals surface area contributed by atoms with Crippen LogP contribution in [0.2, 0.25) is 0 Å². The van der Waals surface area contributed by atoms with Crippen molar-refractivity contribution >= 4 is 99.7 Å². The summed E-state index contributed by atoms with van der Waals surface area (Å²) in [6.45, 7) is 4.32. The van der Waals surface area contributed by atoms with Crippen LogP contribution in [0.1, 0.15) is 44.2 Å². The molecule has 4 heterocycles. The van der Waals surface area contributed by atoms with E-state index < -0.39 is 61.8 Å². The van der Waals surface area contributed by atoms with Gasteiger partial charge in [-0.25, -0.2) is 33.7 Å². The van der Waals surface area contributed by atoms with Crippen molar-refractivity contribution in [2.75, 3.05) is 88.5 Å². The van der Waals surface area contributed by atoms with Crippen molar-refractivity contribution in [2.45, 2.75) is 48.9 Å². The van der Waals surface area contributed by atoms with E-state index in [1.165, 1.54) is 24.3 Å². The zero-order valence-corrected chi connectivity index (χ0v) is 56.2. The van der Waals surface area contributed by atoms with Gasteiger partial charge in [0.05, 0.1) is 41.5 Å². The molecule has 0 bridgehead atoms. The summed E-state index contributed by atoms with van der Waals surface area (Å²) < 4.78 is 143. The SMILES string of the molecule is CC1CC(CO)CN(c2nc(NCCS(=O)(=O)[O-])nc(Nc3ccc(C=Cc4ccc(Nc5nc(NCCS(=O)(=O)[O-])nc(N6CCC(CO)CC6C)n5)cc4S(=O)(=O)[O-])c(S(=O)(=O)[O-])c3)n2)C1.[K+].[K+].[K+].[K+]. The predicted molar refractivity (Wildman–Crippen MR) is 243 cm³/mol. The van der Waals surface area contributed by atoms with Crippen LogP contribution in [0.3, 0.4) is 0 Å². The van der Waals surface area contributed by atoms with Crippen LogP contribution in [0.25, 0.3) is 12.2 Å². The van der Waals surface area contributed by atoms with E-state index in [9.17, 15) is 62.1 Å². The van der Waals surface area contributed by atoms with Crippen molar-refractivity contribution in [2.24, 2.45) is 17.8 Å². The molecule has 0 amide bonds. The van der Waals surface area contributed by atoms with Crippen LogP contribution in [0.4, 0.5) is 47.1 Å². The topological polar surface area (TPSA) is 401 Å². The van der Waals surface area contributed by atoms with Crippen molar-refractivity contribution in [1.82, 2.24) is 29.9 Å². The maximum atomic E-state index is 12.6. The molecule has 2 saturated heterocycles. The number of nitrogens with one attached hydrogen (secondary N) is 4. The zero-order chi connectivity index (χ0) is 49.6. The van der Waals surface area contributed by atoms with E-state index in [2.05, 4.69) is 51.2 Å². The second-order valence-corrected chi connectivity index (χ2v) is 22.1. The molecule has 4 aromatic rings. The fourth-order valence-electron chi connectivity index (χ4n) is 7.72. The Bertz CT molecular complexity index is 2970. The molecule has 0 aliphatic carbocycles. The smallest absolute Gasteiger partial charge is 0.748 e. The number of benzene rings is 2. The number of piperidine rings is 2. The zero-order valence-electron chi connectivity index (χ0n) is 40.4. The summed E-state index contributed by atoms with van der Waals surface area (Å²) in [5.41, 5.74) is -0.445. The Morgan fingerprint density at radius 1 is 0.611 bits per heavy atom. The molecule has 2 aliphatic rings. The molecule has 0 spiro atoms. The van der Waals surface area contributed by atoms with Gasteiger partial charge in [-0.3, -0.25) is 0 Å². The van der Waals surface area contributed by atoms with E-state index in [0.29, 0.717) is 32.5 Å². The van der Waals surface area contributed by atoms with Gasteiger partial charge in [0.15, 0.2) is 0 Å². The third-order valence-electron chi connectivity index (χ3n) is 10.8. The Kier molecular flexibility index (Phi) is 29.4. The Balaban J connectivity index is 0.00000444. The quantitative estimate of drug-likeness (QED) is 0.0272. The summed E-state index contributed by atoms with van der Waals surface area (Å²) in [6, 6.07) is 6.91. The molecular weight excluding hydrogens is 1130 g/mol. The Morgan fingerprint density at radius 2 is 1.06 bits per heavy atom. The number of aliphatic hydroxyl groups excluding tert-OH is 2. The molecule has 2 aliphatic heterocycles. The second-order valence-electron chi connectivity index (χ2n) is 16.3. The van der Waals surface area contributed by atoms with E-state index in [1.54, 1.807) is 4.90 Å². The minimum Gasteiger partial charge on any atom is -0.748 e. The van der Waals surface area contributed by atoms with E-state index in [0.717, 1.165) is 30.7 Å². The van der Waals surface area contributed by atoms with Gasteiger partial charge in [0.25, 0.3) is 0 Å². The van der Waals surface area contributed by atoms with Crippen LogP contribution in [0, 0.1) is 17.8 Å². The molecule has 4 unspecified atom stereocenters. The summed E-state index contributed by atoms with van der Waals surface area (Å²) in [4.78, 5) is 28.1. The summed E-state index contributed by atoms with van der Waals surface area (Å²) in [5.74, 6) is -1.89. The molecule has 72 heavy (non-hydrogen) atoms. The number of aliphatic hydroxyl groups is 2. The van der Waals surface area contributed by atoms with Gasteiger partial charge in [-0.15, -0.1) is 0 Å². The first-order chi connectivity index (χ1) is 31.8. The summed E-state index contributed by atoms with van der Waals surface area (Å²) >= 11 is 0. The van der Waals surface area contributed by atoms with E-state index >= 15 is 0 Å². The van der Waals surface area contributed by atoms with E-state index in [4.69, 9.17) is 0 Å². The van der Waals surface area contributed by atoms with Crippen molar-refractivity contribution in [1.29, 1.82) is 0 Å². The molecule has 0 radical (unpaired) electrons. The molecule has 2 aromatic carbocycles. The van der Waals surface area contributed by atoms with Crippen molar-refractivity contribution in [3.8, 4) is 0 Å². The summed E-state index contributed by atoms with van der Waals surface area (Å²) in [5, 5.41) is 30.5. The maximum absolute atomic E-state index is 12.6. The first-order valence-corrected chi connectivity index (χ1v) is 26.8. The van der Waals surface area contributed by atoms with Gasteiger partial charge >= 0.3 is 206 Å². The van der Waals surface area contributed by atoms with Gasteiger partial charge in [0.2, 0.25) is 35.7 Å². The molecule has 2 aromatic heterocycles. The van der Waals surface area contributed by atoms with Crippen LogP contribution in [-0.4, -0.2) is 155 Å². The van der Waals surface area contributed by atoms with Crippen LogP contribution in [0.5, 0.6) is 0 Å². The molecule has 0 saturated carbocycles. The van der Waals surface area contributed by atoms with Gasteiger partial charge < -0.3 is 59.5 Å². The minimum absolute atomic E-state index is 0. The first-order valence-electron chi connectivity index (χ1n) is 20.9. The third kappa shape index (κ3) is 21.6. The molecule has 6 rings (SSSR count). The normalized spacial score (nSPS) is 18.4. The van der Waals surface area contributed by atoms with Gasteiger partial charge in [-0.05, 0) is 79.3 Å². The van der Waals surface area contributed by atoms with Crippen LogP contribution < -0.4 is 237 Å². The van der Waals surface area contributed by atoms with Gasteiger partial charge in [0.1, 0.15) is 20.2 Å². The number of rotatable bonds is 20. The summed E-state index contributed by atoms with van der Waals surface area (Å²) in [6.07, 6.45) is 4.15. The van der Waals surface area contributed by atoms with Crippen LogP contribution >= 0.6 is 0 Å². The molecule has 2 fully saturated rings. The van der Waals surface area contributed by atoms with Crippen LogP contribution in [-0.2, 0) is 40.5 Å². The van der Waals surface area contributed by atoms with E-state index in [-0.39, 0.29) is 314 Å². The second kappa shape index (κ2) is 30.6. The number of nitrogens with zero attached hydrogens (tertiary/aromatic N) is 8. The number of anilines is 8. The Morgan fingerprint density at radius 3 is 1.49 bits per heavy atom. The average Bonchev–Trinajstić information content (AvgIpc) is 3.24. The van der Waals surface area contributed by atoms with E-state index in [1.807, 2.05) is 18.7 Å². The summed E-state index contributed by atoms with van der Waals surface area (Å²) in [7, 11) is -19.7. The van der Waals surface area contributed by atoms with Crippen molar-refractivity contribution in [3.05, 3.63) is 47.5 Å². The number of hydrogen-bond donors (Lipinski definition) is 6. The molecule has 34 heteroatoms. The largest absolute Gasteiger partial charge is 1.00 e. The Hall–Kier alpha value is 1.11. The molecule has 26 nitrogen and oxygen atoms in total. The third-order valence-corrected chi connectivity index (χ3v) is 14.0. The minimum atomic E-state index is -5.24. The number of hydrogen-bond acceptors (Lipinski definition) is 26. The molecule has 6 N–H and O–H groups in total. The van der Waals surface area contributed by atoms with Crippen molar-refractivity contribution < 1.29 is 268 Å². The fraction of sp³-hybridized carbons (Fsp3) is 0.474. The standard InChI is InChI=1S/C38H52N12O14S4.4K/c1-23-15-26(22-52)20-49(19-23)37-45-33(39-10-13-65(53,54)55)43-35(47-37)41-29-7-5-27(31(17-29)67(59,60)61)3-4-28-6-8-30(18-32(28)68(62,63)64)42-36-44-34(40-11-14-66(56,57)58)46-38(48-36)50-12-9-25(21-51)16-24(50)2;;;;/h3-8,17-18,23-26,51-52H,9-16,19-22H2,1-2H3,(H,53,54,55)(H,56,57,58)(H,59,60,61)(H,62,63,64)(H2,39,41,43,45,47)(H2,40,42,44,46,48);;;;/q;4*+1/p-4. The van der Waals surface area contributed by atoms with Gasteiger partial charge in [-0.1, -0.05) is 31.2 Å². The molecule has 4 atom stereocenters. The molecular formula is C38H48K4N12O14S4. The van der Waals surface area contributed by atoms with Crippen LogP contribution in [0.15, 0.2) is 46.2 Å². The van der Waals surface area contributed by atoms with Crippen molar-refractivity contribution in [3.63, 3.8) is 0 Å². The fourth-order valence-corrected chi connectivity index (χ4v) is 9.82. The predicted octanol–water partition coefficient (Wildman–Crippen LogP) is -11.5. The molecule has 372 valence electrons. The average molecular weight is 1180 g/mol. The van der Waals surface area contributed by atoms with Gasteiger partial charge in [0, 0.05) is 63.4 Å². The Labute approximate surface area is 588 Å².